The van der Waals surface area contributed by atoms with Gasteiger partial charge in [0, 0.05) is 32.0 Å². The second-order valence-electron chi connectivity index (χ2n) is 19.6. The number of methoxy groups -OCH3 is 2. The van der Waals surface area contributed by atoms with Gasteiger partial charge in [0.2, 0.25) is 11.8 Å². The maximum Gasteiger partial charge on any atom is 0.407 e. The predicted octanol–water partition coefficient (Wildman–Crippen LogP) is 8.32. The fraction of sp³-hybridized carbons (Fsp3) is 0.290. The van der Waals surface area contributed by atoms with Gasteiger partial charge in [0.25, 0.3) is 0 Å². The quantitative estimate of drug-likeness (QED) is 0.0191. The zero-order valence-electron chi connectivity index (χ0n) is 44.9. The molecule has 2 fully saturated rings. The molecule has 4 amide bonds. The molecular weight excluding hydrogens is 1010 g/mol. The molecule has 0 unspecified atom stereocenters. The number of nitrogens with zero attached hydrogens (tertiary/aromatic N) is 2. The van der Waals surface area contributed by atoms with Gasteiger partial charge in [-0.1, -0.05) is 193 Å². The maximum atomic E-state index is 14.6. The van der Waals surface area contributed by atoms with Gasteiger partial charge in [0.15, 0.2) is 5.78 Å². The molecule has 0 aromatic heterocycles. The minimum absolute atomic E-state index is 0.00491. The second-order valence-corrected chi connectivity index (χ2v) is 22.9. The Hall–Kier alpha value is -8.29. The first-order valence-corrected chi connectivity index (χ1v) is 27.6. The number of hydrogen-bond acceptors (Lipinski definition) is 11. The second kappa shape index (κ2) is 26.2. The summed E-state index contributed by atoms with van der Waals surface area (Å²) in [4.78, 5) is 94.3. The normalized spacial score (nSPS) is 17.3. The van der Waals surface area contributed by atoms with E-state index in [4.69, 9.17) is 9.47 Å². The number of likely N-dealkylation sites (tertiary alicyclic amines) is 1. The van der Waals surface area contributed by atoms with Crippen molar-refractivity contribution < 1.29 is 52.5 Å². The molecule has 3 aliphatic heterocycles. The van der Waals surface area contributed by atoms with Crippen molar-refractivity contribution in [3.8, 4) is 0 Å². The lowest BCUT2D eigenvalue weighted by atomic mass is 9.76. The fourth-order valence-corrected chi connectivity index (χ4v) is 14.9. The van der Waals surface area contributed by atoms with Crippen molar-refractivity contribution in [3.63, 3.8) is 0 Å². The van der Waals surface area contributed by atoms with E-state index in [1.165, 1.54) is 26.4 Å². The lowest BCUT2D eigenvalue weighted by Crippen LogP contribution is -2.67. The van der Waals surface area contributed by atoms with Crippen LogP contribution in [0, 0.1) is 23.7 Å². The van der Waals surface area contributed by atoms with E-state index in [0.717, 1.165) is 38.2 Å². The van der Waals surface area contributed by atoms with Crippen molar-refractivity contribution in [1.29, 1.82) is 0 Å². The lowest BCUT2D eigenvalue weighted by molar-refractivity contribution is -0.158. The summed E-state index contributed by atoms with van der Waals surface area (Å²) in [5.74, 6) is -1.98. The molecule has 0 spiro atoms. The van der Waals surface area contributed by atoms with Crippen LogP contribution in [-0.2, 0) is 51.2 Å². The van der Waals surface area contributed by atoms with E-state index in [1.807, 2.05) is 143 Å². The Morgan fingerprint density at radius 3 is 1.54 bits per heavy atom. The number of hydrogen-bond donors (Lipinski definition) is 2. The molecule has 3 aliphatic rings. The third kappa shape index (κ3) is 12.1. The van der Waals surface area contributed by atoms with Crippen molar-refractivity contribution in [2.24, 2.45) is 23.7 Å². The fourth-order valence-electron chi connectivity index (χ4n) is 10.5. The summed E-state index contributed by atoms with van der Waals surface area (Å²) in [5.41, 5.74) is 4.41. The van der Waals surface area contributed by atoms with Crippen molar-refractivity contribution in [3.05, 3.63) is 193 Å². The number of carbonyl (C=O) groups is 7. The Morgan fingerprint density at radius 2 is 1.09 bits per heavy atom. The monoisotopic (exact) mass is 1070 g/mol. The smallest absolute Gasteiger partial charge is 0.407 e. The molecule has 406 valence electrons. The van der Waals surface area contributed by atoms with Crippen LogP contribution in [-0.4, -0.2) is 96.5 Å². The summed E-state index contributed by atoms with van der Waals surface area (Å²) in [5, 5.41) is 7.88. The third-order valence-electron chi connectivity index (χ3n) is 14.1. The van der Waals surface area contributed by atoms with Gasteiger partial charge in [-0.25, -0.2) is 19.2 Å². The van der Waals surface area contributed by atoms with E-state index in [1.54, 1.807) is 34.1 Å². The van der Waals surface area contributed by atoms with E-state index >= 15 is 0 Å². The average Bonchev–Trinajstić information content (AvgIpc) is 3.95. The first-order valence-electron chi connectivity index (χ1n) is 25.9. The van der Waals surface area contributed by atoms with Gasteiger partial charge in [-0.05, 0) is 56.4 Å². The van der Waals surface area contributed by atoms with Crippen molar-refractivity contribution in [2.75, 3.05) is 27.4 Å². The van der Waals surface area contributed by atoms with Crippen molar-refractivity contribution >= 4 is 75.5 Å². The minimum Gasteiger partial charge on any atom is -0.457 e. The van der Waals surface area contributed by atoms with Crippen LogP contribution in [0.1, 0.15) is 67.6 Å². The molecule has 5 aromatic rings. The van der Waals surface area contributed by atoms with Gasteiger partial charge in [-0.2, -0.15) is 0 Å². The zero-order valence-corrected chi connectivity index (χ0v) is 45.8. The summed E-state index contributed by atoms with van der Waals surface area (Å²) in [6.45, 7) is 12.8. The molecule has 0 saturated carbocycles. The molecule has 0 bridgehead atoms. The molecule has 0 radical (unpaired) electrons. The van der Waals surface area contributed by atoms with Crippen molar-refractivity contribution in [2.45, 2.75) is 65.7 Å². The highest BCUT2D eigenvalue weighted by atomic mass is 31.2. The van der Waals surface area contributed by atoms with E-state index in [0.29, 0.717) is 24.2 Å². The van der Waals surface area contributed by atoms with E-state index in [-0.39, 0.29) is 73.0 Å². The summed E-state index contributed by atoms with van der Waals surface area (Å²) in [6.07, 6.45) is 2.58. The third-order valence-corrected chi connectivity index (χ3v) is 18.4. The van der Waals surface area contributed by atoms with E-state index in [2.05, 4.69) is 33.3 Å². The van der Waals surface area contributed by atoms with Crippen molar-refractivity contribution in [1.82, 2.24) is 20.4 Å². The van der Waals surface area contributed by atoms with E-state index < -0.39 is 43.0 Å². The standard InChI is InChI=1S/C40H41N2O6P.C22H26N2O5/c1-5-25-48-39(45)38(49(31-15-9-6-10-16-31,32-17-11-7-12-18-32)33-19-13-8-14-20-33)42-34(36(28(2)3)37(42)44)26-35(43)30-23-21-29(22-24-30)27-41-40(46)47-4;1-5-10-29-21(26)19-16(11-17-18(13(2)3)20(25)24(17)19)15-8-6-14(7-9-15)12-23-22(27)28-4/h5-24,28,34,36H,1,25-27H2,2-4H3,(H,41,46);5-9,13,17-18H,1,10-12H2,2-4H3,(H,23,27)/t34-,36-;17-,18-/m11/s1. The van der Waals surface area contributed by atoms with Crippen LogP contribution in [0.5, 0.6) is 0 Å². The molecule has 3 heterocycles. The number of benzene rings is 5. The molecule has 2 N–H and O–H groups in total. The highest BCUT2D eigenvalue weighted by Gasteiger charge is 2.57. The Labute approximate surface area is 456 Å². The van der Waals surface area contributed by atoms with E-state index in [9.17, 15) is 33.6 Å². The number of nitrogens with one attached hydrogen (secondary N) is 2. The molecule has 5 aromatic carbocycles. The van der Waals surface area contributed by atoms with Crippen LogP contribution in [0.2, 0.25) is 0 Å². The summed E-state index contributed by atoms with van der Waals surface area (Å²) in [7, 11) is 2.61. The van der Waals surface area contributed by atoms with Crippen LogP contribution in [0.3, 0.4) is 0 Å². The number of fused-ring (bicyclic) bond motifs is 1. The number of ketones is 1. The first kappa shape index (κ1) is 57.4. The molecule has 15 nitrogen and oxygen atoms in total. The number of β-lactam (4-membered cyclic amide) rings is 2. The summed E-state index contributed by atoms with van der Waals surface area (Å²) >= 11 is 0. The minimum atomic E-state index is -3.10. The number of alkyl carbamates (subject to hydrolysis) is 2. The Morgan fingerprint density at radius 1 is 0.628 bits per heavy atom. The molecule has 78 heavy (non-hydrogen) atoms. The van der Waals surface area contributed by atoms with Gasteiger partial charge >= 0.3 is 24.1 Å². The van der Waals surface area contributed by atoms with Crippen LogP contribution >= 0.6 is 6.89 Å². The van der Waals surface area contributed by atoms with Gasteiger partial charge in [0.1, 0.15) is 24.3 Å². The van der Waals surface area contributed by atoms with Crippen LogP contribution in [0.4, 0.5) is 9.59 Å². The van der Waals surface area contributed by atoms with Gasteiger partial charge in [-0.15, -0.1) is 0 Å². The largest absolute Gasteiger partial charge is 0.457 e. The number of Topliss-reactive ketones (excluding diaryl/α,β-unsaturated/α-hetero) is 1. The van der Waals surface area contributed by atoms with Crippen LogP contribution in [0.15, 0.2) is 171 Å². The Bertz CT molecular complexity index is 3000. The molecule has 2 saturated heterocycles. The number of carbonyl (C=O) groups excluding carboxylic acids is 7. The molecular formula is C62H67N4O11P. The number of amides is 4. The summed E-state index contributed by atoms with van der Waals surface area (Å²) < 4.78 is 20.3. The average molecular weight is 1080 g/mol. The molecule has 0 aliphatic carbocycles. The van der Waals surface area contributed by atoms with Crippen LogP contribution in [0.25, 0.3) is 5.57 Å². The molecule has 8 rings (SSSR count). The highest BCUT2D eigenvalue weighted by molar-refractivity contribution is 7.96. The number of rotatable bonds is 20. The maximum absolute atomic E-state index is 14.6. The Balaban J connectivity index is 0.000000258. The highest BCUT2D eigenvalue weighted by Crippen LogP contribution is 2.51. The molecule has 16 heteroatoms. The Kier molecular flexibility index (Phi) is 19.3. The number of ether oxygens (including phenoxy) is 4. The van der Waals surface area contributed by atoms with Gasteiger partial charge in [0.05, 0.1) is 38.1 Å². The topological polar surface area (TPSA) is 187 Å². The SMILES string of the molecule is C=CCOC(=O)C(N1C(=O)[C@H](C(C)C)[C@H]1CC(=O)c1ccc(CNC(=O)OC)cc1)=P(c1ccccc1)(c1ccccc1)c1ccccc1.C=CCOC(=O)C1=C(c2ccc(CNC(=O)OC)cc2)C[C@@H]2[C@@H](C(C)C)C(=O)N12. The van der Waals surface area contributed by atoms with Gasteiger partial charge in [-0.3, -0.25) is 14.4 Å². The number of esters is 2. The first-order chi connectivity index (χ1) is 37.6. The zero-order chi connectivity index (χ0) is 56.1. The van der Waals surface area contributed by atoms with Crippen LogP contribution < -0.4 is 26.5 Å². The lowest BCUT2D eigenvalue weighted by Gasteiger charge is -2.51. The predicted molar refractivity (Wildman–Crippen MR) is 302 cm³/mol. The summed E-state index contributed by atoms with van der Waals surface area (Å²) in [6, 6.07) is 43.2. The molecule has 4 atom stereocenters. The van der Waals surface area contributed by atoms with Gasteiger partial charge < -0.3 is 39.4 Å².